The highest BCUT2D eigenvalue weighted by molar-refractivity contribution is 5.96. The first-order valence-electron chi connectivity index (χ1n) is 6.31. The molecule has 0 atom stereocenters. The minimum atomic E-state index is -1.08. The van der Waals surface area contributed by atoms with Gasteiger partial charge < -0.3 is 15.0 Å². The Kier molecular flexibility index (Phi) is 4.14. The van der Waals surface area contributed by atoms with E-state index in [0.717, 1.165) is 36.9 Å². The number of methoxy groups -OCH3 is 1. The molecule has 0 saturated heterocycles. The van der Waals surface area contributed by atoms with Gasteiger partial charge in [-0.05, 0) is 19.1 Å². The van der Waals surface area contributed by atoms with Gasteiger partial charge in [0.15, 0.2) is 23.1 Å². The number of rotatable bonds is 3. The summed E-state index contributed by atoms with van der Waals surface area (Å²) in [4.78, 5) is 23.1. The first-order chi connectivity index (χ1) is 10.8. The molecule has 0 aliphatic carbocycles. The number of ketones is 1. The summed E-state index contributed by atoms with van der Waals surface area (Å²) in [6, 6.07) is 3.40. The highest BCUT2D eigenvalue weighted by Crippen LogP contribution is 2.28. The van der Waals surface area contributed by atoms with Gasteiger partial charge in [-0.3, -0.25) is 4.79 Å². The van der Waals surface area contributed by atoms with Crippen LogP contribution in [0.25, 0.3) is 5.69 Å². The Bertz CT molecular complexity index is 843. The van der Waals surface area contributed by atoms with E-state index >= 15 is 0 Å². The van der Waals surface area contributed by atoms with Crippen LogP contribution in [0, 0.1) is 23.0 Å². The second-order valence-corrected chi connectivity index (χ2v) is 4.62. The van der Waals surface area contributed by atoms with Gasteiger partial charge in [0.25, 0.3) is 0 Å². The zero-order valence-electron chi connectivity index (χ0n) is 12.2. The van der Waals surface area contributed by atoms with Crippen molar-refractivity contribution in [3.8, 4) is 11.8 Å². The molecule has 0 unspecified atom stereocenters. The van der Waals surface area contributed by atoms with Crippen molar-refractivity contribution in [1.29, 1.82) is 5.26 Å². The summed E-state index contributed by atoms with van der Waals surface area (Å²) >= 11 is 0. The number of benzene rings is 1. The predicted molar refractivity (Wildman–Crippen MR) is 76.2 cm³/mol. The molecule has 2 aromatic rings. The quantitative estimate of drug-likeness (QED) is 0.691. The van der Waals surface area contributed by atoms with E-state index in [4.69, 9.17) is 11.0 Å². The van der Waals surface area contributed by atoms with Gasteiger partial charge in [0, 0.05) is 11.8 Å². The Morgan fingerprint density at radius 3 is 2.30 bits per heavy atom. The molecule has 1 heterocycles. The molecule has 6 nitrogen and oxygen atoms in total. The van der Waals surface area contributed by atoms with Gasteiger partial charge in [-0.2, -0.15) is 5.26 Å². The van der Waals surface area contributed by atoms with Crippen molar-refractivity contribution in [3.63, 3.8) is 0 Å². The summed E-state index contributed by atoms with van der Waals surface area (Å²) in [5.74, 6) is -3.65. The van der Waals surface area contributed by atoms with Crippen molar-refractivity contribution >= 4 is 17.4 Å². The molecule has 118 valence electrons. The van der Waals surface area contributed by atoms with Crippen LogP contribution in [-0.2, 0) is 4.74 Å². The zero-order chi connectivity index (χ0) is 17.3. The largest absolute Gasteiger partial charge is 0.464 e. The maximum absolute atomic E-state index is 14.3. The van der Waals surface area contributed by atoms with E-state index in [1.165, 1.54) is 0 Å². The van der Waals surface area contributed by atoms with E-state index in [0.29, 0.717) is 0 Å². The van der Waals surface area contributed by atoms with Gasteiger partial charge in [-0.25, -0.2) is 13.6 Å². The topological polar surface area (TPSA) is 98.1 Å². The number of ether oxygens (including phenoxy) is 1. The SMILES string of the molecule is COC(=O)c1c(N)c(C#N)cn1-c1c(F)cc(C(C)=O)cc1F. The molecule has 0 amide bonds. The van der Waals surface area contributed by atoms with Crippen LogP contribution in [0.4, 0.5) is 14.5 Å². The third-order valence-electron chi connectivity index (χ3n) is 3.21. The molecule has 0 radical (unpaired) electrons. The van der Waals surface area contributed by atoms with Crippen molar-refractivity contribution in [3.05, 3.63) is 46.8 Å². The molecule has 23 heavy (non-hydrogen) atoms. The number of nitrogen functional groups attached to an aromatic ring is 1. The van der Waals surface area contributed by atoms with E-state index < -0.39 is 29.1 Å². The second kappa shape index (κ2) is 5.88. The molecule has 0 spiro atoms. The summed E-state index contributed by atoms with van der Waals surface area (Å²) in [6.07, 6.45) is 1.02. The number of hydrogen-bond acceptors (Lipinski definition) is 5. The minimum Gasteiger partial charge on any atom is -0.464 e. The number of anilines is 1. The molecule has 2 rings (SSSR count). The van der Waals surface area contributed by atoms with Crippen molar-refractivity contribution < 1.29 is 23.1 Å². The normalized spacial score (nSPS) is 10.2. The molecule has 2 N–H and O–H groups in total. The molecular formula is C15H11F2N3O3. The number of esters is 1. The third kappa shape index (κ3) is 2.64. The lowest BCUT2D eigenvalue weighted by molar-refractivity contribution is 0.0592. The molecule has 0 aliphatic heterocycles. The fourth-order valence-electron chi connectivity index (χ4n) is 2.09. The van der Waals surface area contributed by atoms with E-state index in [1.807, 2.05) is 0 Å². The first kappa shape index (κ1) is 16.2. The monoisotopic (exact) mass is 319 g/mol. The van der Waals surface area contributed by atoms with Crippen LogP contribution in [0.15, 0.2) is 18.3 Å². The number of nitriles is 1. The molecule has 0 bridgehead atoms. The Morgan fingerprint density at radius 2 is 1.87 bits per heavy atom. The Hall–Kier alpha value is -3.21. The average molecular weight is 319 g/mol. The van der Waals surface area contributed by atoms with Gasteiger partial charge in [0.1, 0.15) is 11.8 Å². The summed E-state index contributed by atoms with van der Waals surface area (Å²) in [7, 11) is 1.07. The number of nitrogens with two attached hydrogens (primary N) is 1. The molecule has 1 aromatic carbocycles. The average Bonchev–Trinajstić information content (AvgIpc) is 2.82. The number of Topliss-reactive ketones (excluding diaryl/α,β-unsaturated/α-hetero) is 1. The fraction of sp³-hybridized carbons (Fsp3) is 0.133. The van der Waals surface area contributed by atoms with Gasteiger partial charge >= 0.3 is 5.97 Å². The molecule has 0 fully saturated rings. The lowest BCUT2D eigenvalue weighted by atomic mass is 10.1. The molecule has 8 heteroatoms. The number of aromatic nitrogens is 1. The number of carbonyl (C=O) groups excluding carboxylic acids is 2. The summed E-state index contributed by atoms with van der Waals surface area (Å²) in [6.45, 7) is 1.16. The van der Waals surface area contributed by atoms with E-state index in [2.05, 4.69) is 4.74 Å². The molecule has 1 aromatic heterocycles. The van der Waals surface area contributed by atoms with Crippen LogP contribution in [-0.4, -0.2) is 23.4 Å². The smallest absolute Gasteiger partial charge is 0.357 e. The van der Waals surface area contributed by atoms with Crippen LogP contribution in [0.5, 0.6) is 0 Å². The van der Waals surface area contributed by atoms with E-state index in [-0.39, 0.29) is 22.5 Å². The van der Waals surface area contributed by atoms with Gasteiger partial charge in [-0.15, -0.1) is 0 Å². The number of nitrogens with zero attached hydrogens (tertiary/aromatic N) is 2. The number of hydrogen-bond donors (Lipinski definition) is 1. The van der Waals surface area contributed by atoms with Crippen molar-refractivity contribution in [2.24, 2.45) is 0 Å². The standard InChI is InChI=1S/C15H11F2N3O3/c1-7(21)8-3-10(16)13(11(17)4-8)20-6-9(5-18)12(19)14(20)15(22)23-2/h3-4,6H,19H2,1-2H3. The second-order valence-electron chi connectivity index (χ2n) is 4.62. The van der Waals surface area contributed by atoms with Gasteiger partial charge in [0.2, 0.25) is 0 Å². The summed E-state index contributed by atoms with van der Waals surface area (Å²) in [5.41, 5.74) is 4.09. The van der Waals surface area contributed by atoms with Crippen LogP contribution in [0.3, 0.4) is 0 Å². The Morgan fingerprint density at radius 1 is 1.30 bits per heavy atom. The maximum atomic E-state index is 14.3. The number of carbonyl (C=O) groups is 2. The van der Waals surface area contributed by atoms with Gasteiger partial charge in [-0.1, -0.05) is 0 Å². The Balaban J connectivity index is 2.80. The highest BCUT2D eigenvalue weighted by Gasteiger charge is 2.25. The minimum absolute atomic E-state index is 0.139. The molecule has 0 saturated carbocycles. The summed E-state index contributed by atoms with van der Waals surface area (Å²) in [5, 5.41) is 8.99. The lowest BCUT2D eigenvalue weighted by Gasteiger charge is -2.11. The van der Waals surface area contributed by atoms with Crippen LogP contribution in [0.1, 0.15) is 33.3 Å². The molecular weight excluding hydrogens is 308 g/mol. The van der Waals surface area contributed by atoms with Crippen LogP contribution < -0.4 is 5.73 Å². The highest BCUT2D eigenvalue weighted by atomic mass is 19.1. The Labute approximate surface area is 129 Å². The third-order valence-corrected chi connectivity index (χ3v) is 3.21. The zero-order valence-corrected chi connectivity index (χ0v) is 12.2. The molecule has 0 aliphatic rings. The van der Waals surface area contributed by atoms with Gasteiger partial charge in [0.05, 0.1) is 18.4 Å². The van der Waals surface area contributed by atoms with Crippen LogP contribution in [0.2, 0.25) is 0 Å². The first-order valence-corrected chi connectivity index (χ1v) is 6.31. The predicted octanol–water partition coefficient (Wildman–Crippen LogP) is 2.20. The van der Waals surface area contributed by atoms with E-state index in [1.54, 1.807) is 6.07 Å². The van der Waals surface area contributed by atoms with Crippen molar-refractivity contribution in [2.75, 3.05) is 12.8 Å². The summed E-state index contributed by atoms with van der Waals surface area (Å²) < 4.78 is 33.9. The lowest BCUT2D eigenvalue weighted by Crippen LogP contribution is -2.13. The van der Waals surface area contributed by atoms with E-state index in [9.17, 15) is 18.4 Å². The van der Waals surface area contributed by atoms with Crippen LogP contribution >= 0.6 is 0 Å². The maximum Gasteiger partial charge on any atom is 0.357 e. The number of halogens is 2. The van der Waals surface area contributed by atoms with Crippen molar-refractivity contribution in [1.82, 2.24) is 4.57 Å². The fourth-order valence-corrected chi connectivity index (χ4v) is 2.09. The van der Waals surface area contributed by atoms with Crippen molar-refractivity contribution in [2.45, 2.75) is 6.92 Å².